The zero-order chi connectivity index (χ0) is 15.5. The van der Waals surface area contributed by atoms with Gasteiger partial charge in [0.15, 0.2) is 0 Å². The van der Waals surface area contributed by atoms with Crippen molar-refractivity contribution in [3.05, 3.63) is 58.9 Å². The first-order valence-electron chi connectivity index (χ1n) is 6.97. The lowest BCUT2D eigenvalue weighted by Gasteiger charge is -2.01. The molecule has 0 bridgehead atoms. The summed E-state index contributed by atoms with van der Waals surface area (Å²) in [7, 11) is 0. The van der Waals surface area contributed by atoms with Crippen molar-refractivity contribution >= 4 is 5.69 Å². The van der Waals surface area contributed by atoms with Gasteiger partial charge in [-0.05, 0) is 37.6 Å². The SMILES string of the molecule is CCn1cc(-c2ccn(-c3ccc(N=[N+]=[N-])cc3)n2)c(C)n1. The van der Waals surface area contributed by atoms with Crippen LogP contribution in [0.1, 0.15) is 12.6 Å². The molecule has 0 atom stereocenters. The van der Waals surface area contributed by atoms with Crippen molar-refractivity contribution in [1.82, 2.24) is 19.6 Å². The highest BCUT2D eigenvalue weighted by Crippen LogP contribution is 2.22. The minimum atomic E-state index is 0.582. The predicted octanol–water partition coefficient (Wildman–Crippen LogP) is 4.01. The third kappa shape index (κ3) is 2.57. The van der Waals surface area contributed by atoms with E-state index in [4.69, 9.17) is 5.53 Å². The molecule has 0 aliphatic carbocycles. The van der Waals surface area contributed by atoms with Gasteiger partial charge >= 0.3 is 0 Å². The van der Waals surface area contributed by atoms with Crippen LogP contribution in [-0.2, 0) is 6.54 Å². The van der Waals surface area contributed by atoms with Crippen LogP contribution >= 0.6 is 0 Å². The van der Waals surface area contributed by atoms with Crippen LogP contribution < -0.4 is 0 Å². The summed E-state index contributed by atoms with van der Waals surface area (Å²) in [4.78, 5) is 2.77. The van der Waals surface area contributed by atoms with Gasteiger partial charge < -0.3 is 0 Å². The van der Waals surface area contributed by atoms with Crippen LogP contribution in [0.5, 0.6) is 0 Å². The first-order valence-corrected chi connectivity index (χ1v) is 6.97. The van der Waals surface area contributed by atoms with Crippen LogP contribution in [0, 0.1) is 6.92 Å². The van der Waals surface area contributed by atoms with Gasteiger partial charge in [0.1, 0.15) is 0 Å². The van der Waals surface area contributed by atoms with Crippen LogP contribution in [0.4, 0.5) is 5.69 Å². The number of rotatable bonds is 4. The second kappa shape index (κ2) is 5.75. The molecule has 0 fully saturated rings. The van der Waals surface area contributed by atoms with Crippen molar-refractivity contribution in [2.24, 2.45) is 5.11 Å². The van der Waals surface area contributed by atoms with Crippen LogP contribution in [0.15, 0.2) is 47.8 Å². The topological polar surface area (TPSA) is 84.4 Å². The molecule has 0 amide bonds. The lowest BCUT2D eigenvalue weighted by Crippen LogP contribution is -1.94. The van der Waals surface area contributed by atoms with Crippen molar-refractivity contribution in [3.63, 3.8) is 0 Å². The zero-order valence-corrected chi connectivity index (χ0v) is 12.4. The van der Waals surface area contributed by atoms with E-state index < -0.39 is 0 Å². The Morgan fingerprint density at radius 3 is 2.59 bits per heavy atom. The molecule has 3 aromatic rings. The van der Waals surface area contributed by atoms with E-state index in [1.807, 2.05) is 42.2 Å². The second-order valence-electron chi connectivity index (χ2n) is 4.84. The van der Waals surface area contributed by atoms with E-state index in [1.54, 1.807) is 16.8 Å². The van der Waals surface area contributed by atoms with E-state index in [0.717, 1.165) is 29.2 Å². The van der Waals surface area contributed by atoms with Crippen molar-refractivity contribution in [2.75, 3.05) is 0 Å². The molecule has 0 N–H and O–H groups in total. The van der Waals surface area contributed by atoms with Gasteiger partial charge in [-0.3, -0.25) is 4.68 Å². The minimum Gasteiger partial charge on any atom is -0.272 e. The minimum absolute atomic E-state index is 0.582. The van der Waals surface area contributed by atoms with Gasteiger partial charge in [0.25, 0.3) is 0 Å². The molecule has 0 aliphatic heterocycles. The normalized spacial score (nSPS) is 10.5. The Hall–Kier alpha value is -3.05. The Morgan fingerprint density at radius 1 is 1.18 bits per heavy atom. The summed E-state index contributed by atoms with van der Waals surface area (Å²) in [5, 5.41) is 12.6. The third-order valence-electron chi connectivity index (χ3n) is 3.41. The third-order valence-corrected chi connectivity index (χ3v) is 3.41. The molecule has 0 spiro atoms. The van der Waals surface area contributed by atoms with Gasteiger partial charge in [-0.2, -0.15) is 10.2 Å². The number of aryl methyl sites for hydroxylation is 2. The predicted molar refractivity (Wildman–Crippen MR) is 84.0 cm³/mol. The van der Waals surface area contributed by atoms with Gasteiger partial charge in [0, 0.05) is 35.1 Å². The molecule has 110 valence electrons. The number of azide groups is 1. The van der Waals surface area contributed by atoms with Gasteiger partial charge in [0.05, 0.1) is 17.1 Å². The van der Waals surface area contributed by atoms with E-state index in [0.29, 0.717) is 5.69 Å². The van der Waals surface area contributed by atoms with Gasteiger partial charge in [-0.25, -0.2) is 4.68 Å². The number of benzene rings is 1. The molecule has 2 aromatic heterocycles. The zero-order valence-electron chi connectivity index (χ0n) is 12.4. The summed E-state index contributed by atoms with van der Waals surface area (Å²) in [5.74, 6) is 0. The number of aromatic nitrogens is 4. The van der Waals surface area contributed by atoms with Crippen LogP contribution in [0.3, 0.4) is 0 Å². The fraction of sp³-hybridized carbons (Fsp3) is 0.200. The van der Waals surface area contributed by atoms with E-state index in [9.17, 15) is 0 Å². The lowest BCUT2D eigenvalue weighted by molar-refractivity contribution is 0.653. The highest BCUT2D eigenvalue weighted by molar-refractivity contribution is 5.61. The molecule has 7 nitrogen and oxygen atoms in total. The number of hydrogen-bond acceptors (Lipinski definition) is 3. The molecule has 1 aromatic carbocycles. The highest BCUT2D eigenvalue weighted by Gasteiger charge is 2.10. The van der Waals surface area contributed by atoms with E-state index >= 15 is 0 Å². The van der Waals surface area contributed by atoms with E-state index in [2.05, 4.69) is 27.1 Å². The van der Waals surface area contributed by atoms with E-state index in [1.165, 1.54) is 0 Å². The Kier molecular flexibility index (Phi) is 3.64. The molecular formula is C15H15N7. The van der Waals surface area contributed by atoms with E-state index in [-0.39, 0.29) is 0 Å². The van der Waals surface area contributed by atoms with Crippen molar-refractivity contribution in [3.8, 4) is 16.9 Å². The highest BCUT2D eigenvalue weighted by atomic mass is 15.3. The maximum atomic E-state index is 8.42. The molecule has 7 heteroatoms. The summed E-state index contributed by atoms with van der Waals surface area (Å²) in [6.45, 7) is 4.87. The summed E-state index contributed by atoms with van der Waals surface area (Å²) in [5.41, 5.74) is 12.8. The number of hydrogen-bond donors (Lipinski definition) is 0. The van der Waals surface area contributed by atoms with Crippen LogP contribution in [0.2, 0.25) is 0 Å². The summed E-state index contributed by atoms with van der Waals surface area (Å²) in [6.07, 6.45) is 3.91. The van der Waals surface area contributed by atoms with Crippen molar-refractivity contribution in [1.29, 1.82) is 0 Å². The van der Waals surface area contributed by atoms with Crippen molar-refractivity contribution in [2.45, 2.75) is 20.4 Å². The Balaban J connectivity index is 1.92. The molecule has 0 radical (unpaired) electrons. The largest absolute Gasteiger partial charge is 0.272 e. The Morgan fingerprint density at radius 2 is 1.95 bits per heavy atom. The lowest BCUT2D eigenvalue weighted by atomic mass is 10.2. The molecule has 0 unspecified atom stereocenters. The Bertz CT molecular complexity index is 835. The molecule has 0 aliphatic rings. The number of nitrogens with zero attached hydrogens (tertiary/aromatic N) is 7. The van der Waals surface area contributed by atoms with Crippen molar-refractivity contribution < 1.29 is 0 Å². The maximum absolute atomic E-state index is 8.42. The molecule has 2 heterocycles. The quantitative estimate of drug-likeness (QED) is 0.413. The summed E-state index contributed by atoms with van der Waals surface area (Å²) >= 11 is 0. The smallest absolute Gasteiger partial charge is 0.0961 e. The monoisotopic (exact) mass is 293 g/mol. The first kappa shape index (κ1) is 13.9. The molecule has 22 heavy (non-hydrogen) atoms. The maximum Gasteiger partial charge on any atom is 0.0961 e. The standard InChI is InChI=1S/C15H15N7/c1-3-21-10-14(11(2)18-21)15-8-9-22(19-15)13-6-4-12(5-7-13)17-20-16/h4-10H,3H2,1-2H3. The first-order chi connectivity index (χ1) is 10.7. The summed E-state index contributed by atoms with van der Waals surface area (Å²) in [6, 6.07) is 9.21. The van der Waals surface area contributed by atoms with Gasteiger partial charge in [-0.15, -0.1) is 0 Å². The summed E-state index contributed by atoms with van der Waals surface area (Å²) < 4.78 is 3.69. The average molecular weight is 293 g/mol. The van der Waals surface area contributed by atoms with Crippen LogP contribution in [0.25, 0.3) is 27.4 Å². The van der Waals surface area contributed by atoms with Gasteiger partial charge in [0.2, 0.25) is 0 Å². The molecule has 3 rings (SSSR count). The van der Waals surface area contributed by atoms with Gasteiger partial charge in [-0.1, -0.05) is 17.2 Å². The fourth-order valence-corrected chi connectivity index (χ4v) is 2.27. The second-order valence-corrected chi connectivity index (χ2v) is 4.84. The molecule has 0 saturated carbocycles. The van der Waals surface area contributed by atoms with Crippen LogP contribution in [-0.4, -0.2) is 19.6 Å². The fourth-order valence-electron chi connectivity index (χ4n) is 2.27. The Labute approximate surface area is 127 Å². The molecule has 0 saturated heterocycles. The average Bonchev–Trinajstić information content (AvgIpc) is 3.14. The molecular weight excluding hydrogens is 278 g/mol.